The highest BCUT2D eigenvalue weighted by molar-refractivity contribution is 7.25. The lowest BCUT2D eigenvalue weighted by Crippen LogP contribution is -2.19. The van der Waals surface area contributed by atoms with E-state index in [-0.39, 0.29) is 5.69 Å². The summed E-state index contributed by atoms with van der Waals surface area (Å²) in [7, 11) is 3.63. The quantitative estimate of drug-likeness (QED) is 0.169. The molecule has 0 aliphatic carbocycles. The number of aromatic nitrogens is 4. The SMILES string of the molecule is Cn1c(=O)n(C)c2cc(-c3ccc(-c4cc(-c5cc(-c6ccc7sc8ccccc8c7c6)cc(-c6cccc7ccccc67)c5)nc(-c5ccccc5)n4)cc3)ccc21. The highest BCUT2D eigenvalue weighted by Gasteiger charge is 2.16. The van der Waals surface area contributed by atoms with E-state index in [2.05, 4.69) is 158 Å². The second-order valence-electron chi connectivity index (χ2n) is 15.1. The minimum Gasteiger partial charge on any atom is -0.295 e. The number of benzene rings is 8. The van der Waals surface area contributed by atoms with Gasteiger partial charge >= 0.3 is 5.69 Å². The molecule has 59 heavy (non-hydrogen) atoms. The van der Waals surface area contributed by atoms with Gasteiger partial charge in [-0.1, -0.05) is 127 Å². The average Bonchev–Trinajstić information content (AvgIpc) is 3.78. The smallest absolute Gasteiger partial charge is 0.295 e. The van der Waals surface area contributed by atoms with Gasteiger partial charge in [-0.05, 0) is 98.8 Å². The van der Waals surface area contributed by atoms with Crippen molar-refractivity contribution in [3.05, 3.63) is 192 Å². The molecule has 11 aromatic rings. The number of nitrogens with zero attached hydrogens (tertiary/aromatic N) is 4. The first-order valence-electron chi connectivity index (χ1n) is 19.7. The Kier molecular flexibility index (Phi) is 8.20. The summed E-state index contributed by atoms with van der Waals surface area (Å²) < 4.78 is 5.96. The Morgan fingerprint density at radius 1 is 0.407 bits per heavy atom. The average molecular weight is 777 g/mol. The molecule has 0 fully saturated rings. The monoisotopic (exact) mass is 776 g/mol. The molecule has 8 aromatic carbocycles. The summed E-state index contributed by atoms with van der Waals surface area (Å²) >= 11 is 1.84. The van der Waals surface area contributed by atoms with Crippen molar-refractivity contribution in [2.24, 2.45) is 14.1 Å². The summed E-state index contributed by atoms with van der Waals surface area (Å²) in [5, 5.41) is 4.96. The Morgan fingerprint density at radius 3 is 1.86 bits per heavy atom. The molecule has 0 saturated heterocycles. The van der Waals surface area contributed by atoms with Gasteiger partial charge in [0, 0.05) is 51.0 Å². The van der Waals surface area contributed by atoms with Gasteiger partial charge < -0.3 is 0 Å². The van der Waals surface area contributed by atoms with E-state index in [0.717, 1.165) is 66.9 Å². The molecule has 0 aliphatic heterocycles. The fourth-order valence-electron chi connectivity index (χ4n) is 8.46. The van der Waals surface area contributed by atoms with E-state index in [9.17, 15) is 4.79 Å². The van der Waals surface area contributed by atoms with E-state index in [1.54, 1.807) is 9.13 Å². The Morgan fingerprint density at radius 2 is 1.02 bits per heavy atom. The summed E-state index contributed by atoms with van der Waals surface area (Å²) in [6.07, 6.45) is 0. The van der Waals surface area contributed by atoms with Crippen LogP contribution < -0.4 is 5.69 Å². The van der Waals surface area contributed by atoms with Crippen LogP contribution in [0.25, 0.3) is 109 Å². The Labute approximate surface area is 344 Å². The molecular weight excluding hydrogens is 741 g/mol. The van der Waals surface area contributed by atoms with Crippen molar-refractivity contribution in [2.45, 2.75) is 0 Å². The summed E-state index contributed by atoms with van der Waals surface area (Å²) in [5.41, 5.74) is 13.1. The van der Waals surface area contributed by atoms with Crippen molar-refractivity contribution in [2.75, 3.05) is 0 Å². The first-order valence-corrected chi connectivity index (χ1v) is 20.5. The van der Waals surface area contributed by atoms with Crippen LogP contribution in [0.15, 0.2) is 187 Å². The van der Waals surface area contributed by atoms with Crippen LogP contribution in [0.2, 0.25) is 0 Å². The molecular formula is C53H36N4OS. The molecule has 0 amide bonds. The van der Waals surface area contributed by atoms with Crippen LogP contribution in [0.1, 0.15) is 0 Å². The fraction of sp³-hybridized carbons (Fsp3) is 0.0377. The Balaban J connectivity index is 1.08. The number of aryl methyl sites for hydroxylation is 2. The summed E-state index contributed by atoms with van der Waals surface area (Å²) in [4.78, 5) is 23.1. The van der Waals surface area contributed by atoms with Crippen molar-refractivity contribution in [3.63, 3.8) is 0 Å². The Bertz CT molecular complexity index is 3480. The number of thiophene rings is 1. The molecule has 3 aromatic heterocycles. The third-order valence-corrected chi connectivity index (χ3v) is 12.7. The van der Waals surface area contributed by atoms with Gasteiger partial charge in [0.05, 0.1) is 22.4 Å². The summed E-state index contributed by atoms with van der Waals surface area (Å²) in [6.45, 7) is 0. The largest absolute Gasteiger partial charge is 0.328 e. The predicted molar refractivity (Wildman–Crippen MR) is 247 cm³/mol. The zero-order chi connectivity index (χ0) is 39.6. The normalized spacial score (nSPS) is 11.6. The summed E-state index contributed by atoms with van der Waals surface area (Å²) in [5.74, 6) is 0.667. The maximum atomic E-state index is 12.6. The van der Waals surface area contributed by atoms with E-state index >= 15 is 0 Å². The fourth-order valence-corrected chi connectivity index (χ4v) is 9.55. The van der Waals surface area contributed by atoms with Gasteiger partial charge in [-0.2, -0.15) is 0 Å². The first-order chi connectivity index (χ1) is 28.9. The zero-order valence-electron chi connectivity index (χ0n) is 32.4. The molecule has 0 unspecified atom stereocenters. The van der Waals surface area contributed by atoms with E-state index in [4.69, 9.17) is 9.97 Å². The van der Waals surface area contributed by atoms with Crippen molar-refractivity contribution in [3.8, 4) is 67.3 Å². The minimum absolute atomic E-state index is 0.0341. The molecule has 11 rings (SSSR count). The van der Waals surface area contributed by atoms with Crippen LogP contribution in [0.3, 0.4) is 0 Å². The lowest BCUT2D eigenvalue weighted by atomic mass is 9.91. The van der Waals surface area contributed by atoms with Crippen molar-refractivity contribution >= 4 is 53.3 Å². The summed E-state index contributed by atoms with van der Waals surface area (Å²) in [6, 6.07) is 64.6. The van der Waals surface area contributed by atoms with Gasteiger partial charge in [0.15, 0.2) is 5.82 Å². The number of rotatable bonds is 6. The van der Waals surface area contributed by atoms with Gasteiger partial charge in [0.25, 0.3) is 0 Å². The van der Waals surface area contributed by atoms with Gasteiger partial charge in [-0.3, -0.25) is 9.13 Å². The molecule has 0 bridgehead atoms. The standard InChI is InChI=1S/C53H36N4OS/c1-56-48-25-23-38(31-49(48)57(2)53(56)58)33-19-21-35(22-20-33)46-32-47(55-52(54-46)36-12-4-3-5-13-36)41-28-39(27-40(29-41)43-17-10-14-34-11-6-7-15-42(34)43)37-24-26-51-45(30-37)44-16-8-9-18-50(44)59-51/h3-32H,1-2H3. The van der Waals surface area contributed by atoms with Crippen LogP contribution in [-0.2, 0) is 14.1 Å². The van der Waals surface area contributed by atoms with Gasteiger partial charge in [0.1, 0.15) is 0 Å². The van der Waals surface area contributed by atoms with Crippen LogP contribution in [0, 0.1) is 0 Å². The highest BCUT2D eigenvalue weighted by atomic mass is 32.1. The molecule has 3 heterocycles. The zero-order valence-corrected chi connectivity index (χ0v) is 33.2. The molecule has 0 aliphatic rings. The lowest BCUT2D eigenvalue weighted by Gasteiger charge is -2.14. The van der Waals surface area contributed by atoms with Crippen LogP contribution >= 0.6 is 11.3 Å². The second kappa shape index (κ2) is 13.9. The maximum Gasteiger partial charge on any atom is 0.328 e. The number of hydrogen-bond acceptors (Lipinski definition) is 4. The number of fused-ring (bicyclic) bond motifs is 5. The van der Waals surface area contributed by atoms with E-state index in [1.807, 2.05) is 49.7 Å². The minimum atomic E-state index is -0.0341. The molecule has 0 spiro atoms. The van der Waals surface area contributed by atoms with E-state index < -0.39 is 0 Å². The molecule has 5 nitrogen and oxygen atoms in total. The Hall–Kier alpha value is -7.41. The molecule has 0 saturated carbocycles. The van der Waals surface area contributed by atoms with Crippen molar-refractivity contribution < 1.29 is 0 Å². The topological polar surface area (TPSA) is 52.7 Å². The van der Waals surface area contributed by atoms with E-state index in [0.29, 0.717) is 5.82 Å². The second-order valence-corrected chi connectivity index (χ2v) is 16.2. The van der Waals surface area contributed by atoms with Crippen LogP contribution in [0.5, 0.6) is 0 Å². The number of imidazole rings is 1. The third kappa shape index (κ3) is 6.04. The van der Waals surface area contributed by atoms with Gasteiger partial charge in [0.2, 0.25) is 0 Å². The predicted octanol–water partition coefficient (Wildman–Crippen LogP) is 13.2. The van der Waals surface area contributed by atoms with Crippen LogP contribution in [0.4, 0.5) is 0 Å². The first kappa shape index (κ1) is 34.8. The molecule has 0 radical (unpaired) electrons. The third-order valence-electron chi connectivity index (χ3n) is 11.6. The van der Waals surface area contributed by atoms with Crippen molar-refractivity contribution in [1.29, 1.82) is 0 Å². The lowest BCUT2D eigenvalue weighted by molar-refractivity contribution is 0.795. The van der Waals surface area contributed by atoms with Gasteiger partial charge in [-0.25, -0.2) is 14.8 Å². The van der Waals surface area contributed by atoms with Crippen LogP contribution in [-0.4, -0.2) is 19.1 Å². The molecule has 6 heteroatoms. The molecule has 0 atom stereocenters. The van der Waals surface area contributed by atoms with Crippen molar-refractivity contribution in [1.82, 2.24) is 19.1 Å². The maximum absolute atomic E-state index is 12.6. The molecule has 280 valence electrons. The van der Waals surface area contributed by atoms with Gasteiger partial charge in [-0.15, -0.1) is 11.3 Å². The number of hydrogen-bond donors (Lipinski definition) is 0. The highest BCUT2D eigenvalue weighted by Crippen LogP contribution is 2.40. The molecule has 0 N–H and O–H groups in total. The van der Waals surface area contributed by atoms with E-state index in [1.165, 1.54) is 36.5 Å².